The average molecular weight is 471 g/mol. The second kappa shape index (κ2) is 11.5. The van der Waals surface area contributed by atoms with Crippen LogP contribution in [0.5, 0.6) is 5.75 Å². The van der Waals surface area contributed by atoms with E-state index in [1.807, 2.05) is 0 Å². The Morgan fingerprint density at radius 1 is 1.20 bits per heavy atom. The number of methoxy groups -OCH3 is 1. The van der Waals surface area contributed by atoms with Crippen molar-refractivity contribution in [2.75, 3.05) is 33.9 Å². The van der Waals surface area contributed by atoms with E-state index >= 15 is 0 Å². The van der Waals surface area contributed by atoms with Gasteiger partial charge in [-0.1, -0.05) is 20.8 Å². The molecule has 0 radical (unpaired) electrons. The molecule has 25 heavy (non-hydrogen) atoms. The van der Waals surface area contributed by atoms with Crippen molar-refractivity contribution >= 4 is 29.9 Å². The Bertz CT molecular complexity index is 551. The minimum atomic E-state index is -0.925. The number of hydrogen-bond donors (Lipinski definition) is 2. The van der Waals surface area contributed by atoms with Crippen molar-refractivity contribution in [2.24, 2.45) is 10.4 Å². The van der Waals surface area contributed by atoms with E-state index in [9.17, 15) is 8.78 Å². The van der Waals surface area contributed by atoms with Crippen LogP contribution in [0.1, 0.15) is 20.8 Å². The maximum absolute atomic E-state index is 13.1. The molecule has 0 heterocycles. The van der Waals surface area contributed by atoms with Crippen molar-refractivity contribution in [3.05, 3.63) is 29.8 Å². The third kappa shape index (κ3) is 8.66. The summed E-state index contributed by atoms with van der Waals surface area (Å²) in [5.74, 6) is -0.914. The minimum Gasteiger partial charge on any atom is -0.492 e. The van der Waals surface area contributed by atoms with Gasteiger partial charge < -0.3 is 20.1 Å². The molecule has 8 heteroatoms. The highest BCUT2D eigenvalue weighted by Crippen LogP contribution is 2.20. The molecule has 0 saturated heterocycles. The van der Waals surface area contributed by atoms with E-state index in [1.54, 1.807) is 14.2 Å². The van der Waals surface area contributed by atoms with Gasteiger partial charge in [0.25, 0.3) is 0 Å². The van der Waals surface area contributed by atoms with Gasteiger partial charge in [0.1, 0.15) is 12.4 Å². The van der Waals surface area contributed by atoms with E-state index in [1.165, 1.54) is 6.07 Å². The lowest BCUT2D eigenvalue weighted by Crippen LogP contribution is -2.46. The summed E-state index contributed by atoms with van der Waals surface area (Å²) in [6.07, 6.45) is 0.0366. The van der Waals surface area contributed by atoms with Crippen molar-refractivity contribution in [1.29, 1.82) is 0 Å². The van der Waals surface area contributed by atoms with E-state index in [0.29, 0.717) is 25.7 Å². The maximum Gasteiger partial charge on any atom is 0.191 e. The standard InChI is InChI=1S/C17H27F2N3O2.HI/c1-17(2,3)15(23-5)11-22-16(20-4)21-8-9-24-12-6-7-13(18)14(19)10-12;/h6-7,10,15H,8-9,11H2,1-5H3,(H2,20,21,22);1H. The quantitative estimate of drug-likeness (QED) is 0.278. The fourth-order valence-electron chi connectivity index (χ4n) is 2.06. The zero-order chi connectivity index (χ0) is 18.2. The Labute approximate surface area is 165 Å². The van der Waals surface area contributed by atoms with E-state index in [2.05, 4.69) is 36.4 Å². The topological polar surface area (TPSA) is 54.9 Å². The lowest BCUT2D eigenvalue weighted by Gasteiger charge is -2.30. The summed E-state index contributed by atoms with van der Waals surface area (Å²) < 4.78 is 36.7. The Kier molecular flexibility index (Phi) is 10.9. The van der Waals surface area contributed by atoms with Crippen molar-refractivity contribution in [1.82, 2.24) is 10.6 Å². The number of nitrogens with zero attached hydrogens (tertiary/aromatic N) is 1. The van der Waals surface area contributed by atoms with Crippen LogP contribution in [0.3, 0.4) is 0 Å². The number of aliphatic imine (C=N–C) groups is 1. The summed E-state index contributed by atoms with van der Waals surface area (Å²) in [6, 6.07) is 3.45. The third-order valence-electron chi connectivity index (χ3n) is 3.48. The van der Waals surface area contributed by atoms with E-state index in [-0.39, 0.29) is 41.2 Å². The molecule has 2 N–H and O–H groups in total. The Morgan fingerprint density at radius 3 is 2.40 bits per heavy atom. The van der Waals surface area contributed by atoms with Gasteiger partial charge in [-0.25, -0.2) is 8.78 Å². The Hall–Kier alpha value is -1.16. The lowest BCUT2D eigenvalue weighted by atomic mass is 9.89. The third-order valence-corrected chi connectivity index (χ3v) is 3.48. The number of benzene rings is 1. The summed E-state index contributed by atoms with van der Waals surface area (Å²) in [5, 5.41) is 6.28. The molecule has 0 aliphatic heterocycles. The number of ether oxygens (including phenoxy) is 2. The number of hydrogen-bond acceptors (Lipinski definition) is 3. The summed E-state index contributed by atoms with van der Waals surface area (Å²) in [4.78, 5) is 4.12. The highest BCUT2D eigenvalue weighted by atomic mass is 127. The van der Waals surface area contributed by atoms with Crippen LogP contribution in [0.25, 0.3) is 0 Å². The van der Waals surface area contributed by atoms with Gasteiger partial charge in [-0.2, -0.15) is 0 Å². The molecular weight excluding hydrogens is 443 g/mol. The molecule has 0 amide bonds. The van der Waals surface area contributed by atoms with E-state index < -0.39 is 11.6 Å². The van der Waals surface area contributed by atoms with Gasteiger partial charge in [0.2, 0.25) is 0 Å². The fourth-order valence-corrected chi connectivity index (χ4v) is 2.06. The van der Waals surface area contributed by atoms with E-state index in [4.69, 9.17) is 9.47 Å². The van der Waals surface area contributed by atoms with Crippen LogP contribution in [0.4, 0.5) is 8.78 Å². The molecule has 0 fully saturated rings. The number of guanidine groups is 1. The molecule has 1 aromatic carbocycles. The molecule has 0 aromatic heterocycles. The number of halogens is 3. The second-order valence-electron chi connectivity index (χ2n) is 6.39. The van der Waals surface area contributed by atoms with Gasteiger partial charge in [-0.3, -0.25) is 4.99 Å². The first-order valence-corrected chi connectivity index (χ1v) is 7.83. The van der Waals surface area contributed by atoms with Gasteiger partial charge in [-0.15, -0.1) is 24.0 Å². The zero-order valence-corrected chi connectivity index (χ0v) is 17.7. The van der Waals surface area contributed by atoms with Crippen molar-refractivity contribution in [2.45, 2.75) is 26.9 Å². The van der Waals surface area contributed by atoms with Crippen LogP contribution < -0.4 is 15.4 Å². The van der Waals surface area contributed by atoms with Gasteiger partial charge in [0.15, 0.2) is 17.6 Å². The van der Waals surface area contributed by atoms with Gasteiger partial charge in [-0.05, 0) is 17.5 Å². The number of rotatable bonds is 7. The second-order valence-corrected chi connectivity index (χ2v) is 6.39. The molecule has 1 rings (SSSR count). The summed E-state index contributed by atoms with van der Waals surface area (Å²) >= 11 is 0. The highest BCUT2D eigenvalue weighted by molar-refractivity contribution is 14.0. The molecule has 0 aliphatic rings. The van der Waals surface area contributed by atoms with Crippen LogP contribution in [0.2, 0.25) is 0 Å². The van der Waals surface area contributed by atoms with Crippen molar-refractivity contribution in [3.63, 3.8) is 0 Å². The summed E-state index contributed by atoms with van der Waals surface area (Å²) in [5.41, 5.74) is 0.0103. The zero-order valence-electron chi connectivity index (χ0n) is 15.4. The van der Waals surface area contributed by atoms with Crippen LogP contribution in [-0.4, -0.2) is 45.9 Å². The monoisotopic (exact) mass is 471 g/mol. The molecule has 1 aromatic rings. The van der Waals surface area contributed by atoms with Gasteiger partial charge in [0, 0.05) is 26.8 Å². The smallest absolute Gasteiger partial charge is 0.191 e. The first-order valence-electron chi connectivity index (χ1n) is 7.83. The SMILES string of the molecule is CN=C(NCCOc1ccc(F)c(F)c1)NCC(OC)C(C)(C)C.I. The summed E-state index contributed by atoms with van der Waals surface area (Å²) in [6.45, 7) is 7.69. The fraction of sp³-hybridized carbons (Fsp3) is 0.588. The predicted molar refractivity (Wildman–Crippen MR) is 107 cm³/mol. The molecule has 0 aliphatic carbocycles. The van der Waals surface area contributed by atoms with Crippen molar-refractivity contribution < 1.29 is 18.3 Å². The molecule has 1 unspecified atom stereocenters. The molecular formula is C17H28F2IN3O2. The predicted octanol–water partition coefficient (Wildman–Crippen LogP) is 3.19. The van der Waals surface area contributed by atoms with Gasteiger partial charge >= 0.3 is 0 Å². The molecule has 0 saturated carbocycles. The normalized spacial score (nSPS) is 13.0. The lowest BCUT2D eigenvalue weighted by molar-refractivity contribution is 0.0205. The maximum atomic E-state index is 13.1. The Morgan fingerprint density at radius 2 is 1.88 bits per heavy atom. The molecule has 144 valence electrons. The average Bonchev–Trinajstić information content (AvgIpc) is 2.52. The number of nitrogens with one attached hydrogen (secondary N) is 2. The van der Waals surface area contributed by atoms with Gasteiger partial charge in [0.05, 0.1) is 12.6 Å². The van der Waals surface area contributed by atoms with Crippen LogP contribution in [0, 0.1) is 17.0 Å². The first kappa shape index (κ1) is 23.8. The molecule has 1 atom stereocenters. The van der Waals surface area contributed by atoms with E-state index in [0.717, 1.165) is 12.1 Å². The minimum absolute atomic E-state index is 0. The summed E-state index contributed by atoms with van der Waals surface area (Å²) in [7, 11) is 3.36. The Balaban J connectivity index is 0.00000576. The van der Waals surface area contributed by atoms with Crippen LogP contribution >= 0.6 is 24.0 Å². The van der Waals surface area contributed by atoms with Crippen LogP contribution in [-0.2, 0) is 4.74 Å². The molecule has 5 nitrogen and oxygen atoms in total. The molecule has 0 spiro atoms. The highest BCUT2D eigenvalue weighted by Gasteiger charge is 2.24. The van der Waals surface area contributed by atoms with Crippen molar-refractivity contribution in [3.8, 4) is 5.75 Å². The largest absolute Gasteiger partial charge is 0.492 e. The van der Waals surface area contributed by atoms with Crippen LogP contribution in [0.15, 0.2) is 23.2 Å². The molecule has 0 bridgehead atoms. The first-order chi connectivity index (χ1) is 11.3.